The summed E-state index contributed by atoms with van der Waals surface area (Å²) in [5.41, 5.74) is 3.01. The van der Waals surface area contributed by atoms with Crippen LogP contribution < -0.4 is 10.6 Å². The number of rotatable bonds is 5. The van der Waals surface area contributed by atoms with E-state index in [1.165, 1.54) is 18.2 Å². The number of benzene rings is 2. The Kier molecular flexibility index (Phi) is 7.30. The summed E-state index contributed by atoms with van der Waals surface area (Å²) < 4.78 is 19.0. The van der Waals surface area contributed by atoms with Gasteiger partial charge < -0.3 is 25.4 Å². The third kappa shape index (κ3) is 6.24. The van der Waals surface area contributed by atoms with Gasteiger partial charge in [-0.15, -0.1) is 0 Å². The summed E-state index contributed by atoms with van der Waals surface area (Å²) in [6.07, 6.45) is 3.21. The van der Waals surface area contributed by atoms with E-state index in [2.05, 4.69) is 10.6 Å². The van der Waals surface area contributed by atoms with E-state index in [1.807, 2.05) is 12.1 Å². The normalized spacial score (nSPS) is 19.6. The molecule has 1 fully saturated rings. The number of aliphatic carboxylic acids is 1. The van der Waals surface area contributed by atoms with Gasteiger partial charge in [0.25, 0.3) is 0 Å². The van der Waals surface area contributed by atoms with Crippen LogP contribution in [-0.2, 0) is 22.5 Å². The van der Waals surface area contributed by atoms with E-state index < -0.39 is 17.8 Å². The molecule has 8 nitrogen and oxygen atoms in total. The minimum Gasteiger partial charge on any atom is -0.481 e. The molecule has 0 saturated heterocycles. The van der Waals surface area contributed by atoms with Crippen LogP contribution in [0.5, 0.6) is 0 Å². The summed E-state index contributed by atoms with van der Waals surface area (Å²) in [6, 6.07) is 10.7. The lowest BCUT2D eigenvalue weighted by molar-refractivity contribution is -0.138. The second kappa shape index (κ2) is 10.5. The summed E-state index contributed by atoms with van der Waals surface area (Å²) in [5, 5.41) is 14.3. The fraction of sp³-hybridized carbons (Fsp3) is 0.400. The number of nitrogens with one attached hydrogen (secondary N) is 2. The number of halogens is 1. The molecule has 0 bridgehead atoms. The van der Waals surface area contributed by atoms with Gasteiger partial charge in [-0.05, 0) is 79.5 Å². The first-order valence-electron chi connectivity index (χ1n) is 11.5. The van der Waals surface area contributed by atoms with E-state index in [0.717, 1.165) is 24.0 Å². The van der Waals surface area contributed by atoms with Crippen LogP contribution >= 0.6 is 0 Å². The molecule has 1 aliphatic heterocycles. The van der Waals surface area contributed by atoms with Gasteiger partial charge >= 0.3 is 18.1 Å². The first-order valence-corrected chi connectivity index (χ1v) is 11.5. The largest absolute Gasteiger partial charge is 0.481 e. The molecule has 4 rings (SSSR count). The predicted octanol–water partition coefficient (Wildman–Crippen LogP) is 5.00. The lowest BCUT2D eigenvalue weighted by Gasteiger charge is -2.32. The van der Waals surface area contributed by atoms with Crippen molar-refractivity contribution in [1.82, 2.24) is 4.90 Å². The Labute approximate surface area is 197 Å². The second-order valence-corrected chi connectivity index (χ2v) is 8.87. The first kappa shape index (κ1) is 23.5. The molecular formula is C25H28FN3O5. The van der Waals surface area contributed by atoms with E-state index in [0.29, 0.717) is 43.7 Å². The Balaban J connectivity index is 1.27. The third-order valence-electron chi connectivity index (χ3n) is 6.34. The zero-order valence-electron chi connectivity index (χ0n) is 18.8. The van der Waals surface area contributed by atoms with Crippen molar-refractivity contribution in [2.24, 2.45) is 5.92 Å². The van der Waals surface area contributed by atoms with Gasteiger partial charge in [-0.25, -0.2) is 14.0 Å². The summed E-state index contributed by atoms with van der Waals surface area (Å²) in [7, 11) is 0. The van der Waals surface area contributed by atoms with Crippen molar-refractivity contribution in [2.75, 3.05) is 17.2 Å². The van der Waals surface area contributed by atoms with Gasteiger partial charge in [0.15, 0.2) is 0 Å². The number of anilines is 2. The highest BCUT2D eigenvalue weighted by Gasteiger charge is 2.28. The zero-order chi connectivity index (χ0) is 24.1. The van der Waals surface area contributed by atoms with E-state index in [9.17, 15) is 18.8 Å². The van der Waals surface area contributed by atoms with Gasteiger partial charge in [0, 0.05) is 30.9 Å². The van der Waals surface area contributed by atoms with Crippen LogP contribution in [0.4, 0.5) is 25.4 Å². The Morgan fingerprint density at radius 1 is 1.00 bits per heavy atom. The minimum absolute atomic E-state index is 0.160. The van der Waals surface area contributed by atoms with E-state index >= 15 is 0 Å². The molecular weight excluding hydrogens is 441 g/mol. The highest BCUT2D eigenvalue weighted by atomic mass is 19.1. The second-order valence-electron chi connectivity index (χ2n) is 8.87. The van der Waals surface area contributed by atoms with Gasteiger partial charge in [0.2, 0.25) is 0 Å². The quantitative estimate of drug-likeness (QED) is 0.571. The molecule has 2 aromatic rings. The van der Waals surface area contributed by atoms with Gasteiger partial charge in [-0.2, -0.15) is 0 Å². The Hall–Kier alpha value is -3.62. The molecule has 0 unspecified atom stereocenters. The van der Waals surface area contributed by atoms with Crippen LogP contribution in [0, 0.1) is 11.7 Å². The van der Waals surface area contributed by atoms with E-state index in [-0.39, 0.29) is 24.5 Å². The predicted molar refractivity (Wildman–Crippen MR) is 124 cm³/mol. The van der Waals surface area contributed by atoms with Gasteiger partial charge in [0.05, 0.1) is 0 Å². The number of carboxylic acids is 1. The van der Waals surface area contributed by atoms with Crippen LogP contribution in [0.2, 0.25) is 0 Å². The summed E-state index contributed by atoms with van der Waals surface area (Å²) in [5.74, 6) is -1.05. The molecule has 0 spiro atoms. The Bertz CT molecular complexity index is 1070. The highest BCUT2D eigenvalue weighted by Crippen LogP contribution is 2.30. The molecule has 1 heterocycles. The number of ether oxygens (including phenoxy) is 1. The first-order chi connectivity index (χ1) is 16.4. The number of urea groups is 1. The highest BCUT2D eigenvalue weighted by molar-refractivity contribution is 5.99. The molecule has 3 N–H and O–H groups in total. The smallest absolute Gasteiger partial charge is 0.410 e. The summed E-state index contributed by atoms with van der Waals surface area (Å²) >= 11 is 0. The molecule has 1 aliphatic carbocycles. The maximum absolute atomic E-state index is 13.3. The van der Waals surface area contributed by atoms with Crippen molar-refractivity contribution in [3.63, 3.8) is 0 Å². The summed E-state index contributed by atoms with van der Waals surface area (Å²) in [4.78, 5) is 37.4. The topological polar surface area (TPSA) is 108 Å². The van der Waals surface area contributed by atoms with Gasteiger partial charge in [-0.3, -0.25) is 4.79 Å². The van der Waals surface area contributed by atoms with Gasteiger partial charge in [0.1, 0.15) is 11.9 Å². The van der Waals surface area contributed by atoms with Crippen LogP contribution in [0.15, 0.2) is 42.5 Å². The van der Waals surface area contributed by atoms with Crippen LogP contribution in [0.25, 0.3) is 0 Å². The number of hydrogen-bond donors (Lipinski definition) is 3. The van der Waals surface area contributed by atoms with Crippen molar-refractivity contribution >= 4 is 29.5 Å². The summed E-state index contributed by atoms with van der Waals surface area (Å²) in [6.45, 7) is 0.942. The monoisotopic (exact) mass is 469 g/mol. The molecule has 2 aromatic carbocycles. The standard InChI is InChI=1S/C25H28FN3O5/c26-19-2-1-3-20(14-19)27-24(32)28-21-7-6-18-15-29(11-10-17(18)13-21)25(33)34-22-8-4-16(5-9-22)12-23(30)31/h1-3,6-7,13-14,16,22H,4-5,8-12,15H2,(H,30,31)(H2,27,28,32)/t16-,22-. The maximum atomic E-state index is 13.3. The minimum atomic E-state index is -0.780. The van der Waals surface area contributed by atoms with E-state index in [1.54, 1.807) is 17.0 Å². The fourth-order valence-corrected chi connectivity index (χ4v) is 4.56. The van der Waals surface area contributed by atoms with Crippen molar-refractivity contribution < 1.29 is 28.6 Å². The SMILES string of the molecule is O=C(O)C[C@H]1CC[C@H](OC(=O)N2CCc3cc(NC(=O)Nc4cccc(F)c4)ccc3C2)CC1. The van der Waals surface area contributed by atoms with Crippen LogP contribution in [-0.4, -0.2) is 40.7 Å². The number of carbonyl (C=O) groups is 3. The molecule has 9 heteroatoms. The average Bonchev–Trinajstić information content (AvgIpc) is 2.79. The molecule has 2 aliphatic rings. The number of fused-ring (bicyclic) bond motifs is 1. The molecule has 0 aromatic heterocycles. The maximum Gasteiger partial charge on any atom is 0.410 e. The molecule has 34 heavy (non-hydrogen) atoms. The number of amides is 3. The number of nitrogens with zero attached hydrogens (tertiary/aromatic N) is 1. The third-order valence-corrected chi connectivity index (χ3v) is 6.34. The van der Waals surface area contributed by atoms with Crippen LogP contribution in [0.1, 0.15) is 43.2 Å². The lowest BCUT2D eigenvalue weighted by Crippen LogP contribution is -2.39. The van der Waals surface area contributed by atoms with Crippen molar-refractivity contribution in [1.29, 1.82) is 0 Å². The van der Waals surface area contributed by atoms with Crippen molar-refractivity contribution in [3.8, 4) is 0 Å². The number of carbonyl (C=O) groups excluding carboxylic acids is 2. The number of carboxylic acid groups (broad SMARTS) is 1. The Morgan fingerprint density at radius 3 is 2.44 bits per heavy atom. The fourth-order valence-electron chi connectivity index (χ4n) is 4.56. The molecule has 3 amide bonds. The van der Waals surface area contributed by atoms with Crippen molar-refractivity contribution in [3.05, 3.63) is 59.4 Å². The molecule has 180 valence electrons. The molecule has 0 atom stereocenters. The molecule has 1 saturated carbocycles. The Morgan fingerprint density at radius 2 is 1.74 bits per heavy atom. The van der Waals surface area contributed by atoms with E-state index in [4.69, 9.17) is 9.84 Å². The van der Waals surface area contributed by atoms with Crippen molar-refractivity contribution in [2.45, 2.75) is 51.2 Å². The van der Waals surface area contributed by atoms with Gasteiger partial charge in [-0.1, -0.05) is 12.1 Å². The molecule has 0 radical (unpaired) electrons. The number of hydrogen-bond acceptors (Lipinski definition) is 4. The zero-order valence-corrected chi connectivity index (χ0v) is 18.8. The lowest BCUT2D eigenvalue weighted by atomic mass is 9.85. The van der Waals surface area contributed by atoms with Crippen LogP contribution in [0.3, 0.4) is 0 Å². The average molecular weight is 470 g/mol.